The largest absolute Gasteiger partial charge is 0.103 e. The minimum Gasteiger partial charge on any atom is -0.103 e. The molecule has 0 aromatic heterocycles. The molecule has 0 spiro atoms. The standard InChI is InChI=1S/C12H22/c1-5-9-11(7-3)12(8-4)10-6-2/h5H,1,6-10H2,2-4H3/b12-11+. The van der Waals surface area contributed by atoms with Gasteiger partial charge in [-0.25, -0.2) is 0 Å². The van der Waals surface area contributed by atoms with E-state index in [1.165, 1.54) is 25.7 Å². The van der Waals surface area contributed by atoms with Crippen molar-refractivity contribution in [2.24, 2.45) is 0 Å². The number of hydrogen-bond donors (Lipinski definition) is 0. The van der Waals surface area contributed by atoms with Crippen LogP contribution in [0.5, 0.6) is 0 Å². The third-order valence-corrected chi connectivity index (χ3v) is 2.30. The fraction of sp³-hybridized carbons (Fsp3) is 0.667. The Balaban J connectivity index is 4.36. The molecular weight excluding hydrogens is 144 g/mol. The molecule has 0 amide bonds. The molecule has 70 valence electrons. The van der Waals surface area contributed by atoms with Crippen LogP contribution in [0.2, 0.25) is 0 Å². The van der Waals surface area contributed by atoms with Crippen molar-refractivity contribution in [3.05, 3.63) is 23.8 Å². The van der Waals surface area contributed by atoms with Gasteiger partial charge in [0, 0.05) is 0 Å². The van der Waals surface area contributed by atoms with Gasteiger partial charge in [0.25, 0.3) is 0 Å². The highest BCUT2D eigenvalue weighted by Gasteiger charge is 2.00. The Morgan fingerprint density at radius 3 is 2.00 bits per heavy atom. The normalized spacial score (nSPS) is 12.6. The molecule has 0 radical (unpaired) electrons. The van der Waals surface area contributed by atoms with Crippen molar-refractivity contribution < 1.29 is 0 Å². The highest BCUT2D eigenvalue weighted by Crippen LogP contribution is 2.20. The van der Waals surface area contributed by atoms with Gasteiger partial charge in [-0.05, 0) is 25.7 Å². The van der Waals surface area contributed by atoms with Crippen LogP contribution in [0.15, 0.2) is 23.8 Å². The topological polar surface area (TPSA) is 0 Å². The molecule has 0 nitrogen and oxygen atoms in total. The summed E-state index contributed by atoms with van der Waals surface area (Å²) in [5.41, 5.74) is 3.26. The lowest BCUT2D eigenvalue weighted by Crippen LogP contribution is -1.89. The van der Waals surface area contributed by atoms with E-state index in [0.29, 0.717) is 0 Å². The van der Waals surface area contributed by atoms with E-state index < -0.39 is 0 Å². The van der Waals surface area contributed by atoms with Crippen LogP contribution in [-0.2, 0) is 0 Å². The first-order valence-corrected chi connectivity index (χ1v) is 5.10. The van der Waals surface area contributed by atoms with Crippen molar-refractivity contribution in [3.63, 3.8) is 0 Å². The first kappa shape index (κ1) is 11.5. The fourth-order valence-corrected chi connectivity index (χ4v) is 1.62. The Morgan fingerprint density at radius 2 is 1.67 bits per heavy atom. The van der Waals surface area contributed by atoms with Crippen LogP contribution in [-0.4, -0.2) is 0 Å². The molecule has 0 aliphatic heterocycles. The number of allylic oxidation sites excluding steroid dienone is 3. The predicted octanol–water partition coefficient (Wildman–Crippen LogP) is 4.48. The van der Waals surface area contributed by atoms with Crippen molar-refractivity contribution in [3.8, 4) is 0 Å². The molecule has 0 saturated heterocycles. The maximum absolute atomic E-state index is 3.79. The van der Waals surface area contributed by atoms with E-state index in [1.54, 1.807) is 11.1 Å². The van der Waals surface area contributed by atoms with Crippen LogP contribution in [0, 0.1) is 0 Å². The number of hydrogen-bond acceptors (Lipinski definition) is 0. The molecule has 0 saturated carbocycles. The van der Waals surface area contributed by atoms with E-state index in [1.807, 2.05) is 6.08 Å². The predicted molar refractivity (Wildman–Crippen MR) is 57.3 cm³/mol. The van der Waals surface area contributed by atoms with Crippen molar-refractivity contribution in [2.45, 2.75) is 52.9 Å². The van der Waals surface area contributed by atoms with Gasteiger partial charge in [-0.1, -0.05) is 44.4 Å². The average molecular weight is 166 g/mol. The van der Waals surface area contributed by atoms with E-state index in [2.05, 4.69) is 27.4 Å². The second-order valence-corrected chi connectivity index (χ2v) is 3.16. The molecule has 0 bridgehead atoms. The summed E-state index contributed by atoms with van der Waals surface area (Å²) in [7, 11) is 0. The molecule has 0 fully saturated rings. The molecular formula is C12H22. The van der Waals surface area contributed by atoms with Crippen molar-refractivity contribution in [1.29, 1.82) is 0 Å². The molecule has 0 rings (SSSR count). The van der Waals surface area contributed by atoms with E-state index in [9.17, 15) is 0 Å². The van der Waals surface area contributed by atoms with Crippen LogP contribution < -0.4 is 0 Å². The van der Waals surface area contributed by atoms with E-state index in [4.69, 9.17) is 0 Å². The number of rotatable bonds is 6. The van der Waals surface area contributed by atoms with E-state index in [0.717, 1.165) is 6.42 Å². The second kappa shape index (κ2) is 7.15. The molecule has 0 aromatic carbocycles. The van der Waals surface area contributed by atoms with Crippen molar-refractivity contribution in [2.75, 3.05) is 0 Å². The molecule has 0 unspecified atom stereocenters. The van der Waals surface area contributed by atoms with Crippen LogP contribution in [0.4, 0.5) is 0 Å². The van der Waals surface area contributed by atoms with Gasteiger partial charge in [-0.3, -0.25) is 0 Å². The molecule has 0 aliphatic carbocycles. The fourth-order valence-electron chi connectivity index (χ4n) is 1.62. The second-order valence-electron chi connectivity index (χ2n) is 3.16. The zero-order chi connectivity index (χ0) is 9.40. The van der Waals surface area contributed by atoms with E-state index in [-0.39, 0.29) is 0 Å². The van der Waals surface area contributed by atoms with Gasteiger partial charge in [0.05, 0.1) is 0 Å². The average Bonchev–Trinajstić information content (AvgIpc) is 2.11. The van der Waals surface area contributed by atoms with Crippen LogP contribution in [0.3, 0.4) is 0 Å². The third kappa shape index (κ3) is 3.75. The Morgan fingerprint density at radius 1 is 1.08 bits per heavy atom. The highest BCUT2D eigenvalue weighted by atomic mass is 14.1. The lowest BCUT2D eigenvalue weighted by molar-refractivity contribution is 0.816. The molecule has 0 aromatic rings. The maximum atomic E-state index is 3.79. The SMILES string of the molecule is C=CC/C(CC)=C(\CC)CCC. The minimum atomic E-state index is 1.08. The van der Waals surface area contributed by atoms with Crippen LogP contribution in [0.1, 0.15) is 52.9 Å². The van der Waals surface area contributed by atoms with E-state index >= 15 is 0 Å². The summed E-state index contributed by atoms with van der Waals surface area (Å²) in [4.78, 5) is 0. The van der Waals surface area contributed by atoms with Gasteiger partial charge in [-0.15, -0.1) is 6.58 Å². The Labute approximate surface area is 77.4 Å². The monoisotopic (exact) mass is 166 g/mol. The molecule has 0 atom stereocenters. The molecule has 0 aliphatic rings. The van der Waals surface area contributed by atoms with Gasteiger partial charge < -0.3 is 0 Å². The minimum absolute atomic E-state index is 1.08. The first-order valence-electron chi connectivity index (χ1n) is 5.10. The zero-order valence-electron chi connectivity index (χ0n) is 8.82. The van der Waals surface area contributed by atoms with Crippen LogP contribution >= 0.6 is 0 Å². The summed E-state index contributed by atoms with van der Waals surface area (Å²) in [6.07, 6.45) is 8.04. The summed E-state index contributed by atoms with van der Waals surface area (Å²) in [6, 6.07) is 0. The van der Waals surface area contributed by atoms with Crippen molar-refractivity contribution >= 4 is 0 Å². The molecule has 0 heteroatoms. The highest BCUT2D eigenvalue weighted by molar-refractivity contribution is 5.16. The van der Waals surface area contributed by atoms with Gasteiger partial charge in [0.1, 0.15) is 0 Å². The molecule has 0 N–H and O–H groups in total. The molecule has 0 heterocycles. The van der Waals surface area contributed by atoms with Gasteiger partial charge in [0.15, 0.2) is 0 Å². The third-order valence-electron chi connectivity index (χ3n) is 2.30. The Bertz CT molecular complexity index is 151. The van der Waals surface area contributed by atoms with Gasteiger partial charge in [0.2, 0.25) is 0 Å². The Kier molecular flexibility index (Phi) is 6.84. The van der Waals surface area contributed by atoms with Crippen molar-refractivity contribution in [1.82, 2.24) is 0 Å². The zero-order valence-corrected chi connectivity index (χ0v) is 8.82. The quantitative estimate of drug-likeness (QED) is 0.510. The summed E-state index contributed by atoms with van der Waals surface area (Å²) in [5, 5.41) is 0. The van der Waals surface area contributed by atoms with Gasteiger partial charge in [-0.2, -0.15) is 0 Å². The molecule has 12 heavy (non-hydrogen) atoms. The Hall–Kier alpha value is -0.520. The first-order chi connectivity index (χ1) is 5.79. The summed E-state index contributed by atoms with van der Waals surface area (Å²) in [5.74, 6) is 0. The maximum Gasteiger partial charge on any atom is -0.0139 e. The summed E-state index contributed by atoms with van der Waals surface area (Å²) in [6.45, 7) is 10.5. The van der Waals surface area contributed by atoms with Crippen LogP contribution in [0.25, 0.3) is 0 Å². The summed E-state index contributed by atoms with van der Waals surface area (Å²) < 4.78 is 0. The van der Waals surface area contributed by atoms with Gasteiger partial charge >= 0.3 is 0 Å². The summed E-state index contributed by atoms with van der Waals surface area (Å²) >= 11 is 0. The smallest absolute Gasteiger partial charge is 0.0139 e. The lowest BCUT2D eigenvalue weighted by Gasteiger charge is -2.10. The lowest BCUT2D eigenvalue weighted by atomic mass is 9.97.